The Bertz CT molecular complexity index is 928. The van der Waals surface area contributed by atoms with Crippen LogP contribution in [0.4, 0.5) is 5.00 Å². The predicted octanol–water partition coefficient (Wildman–Crippen LogP) is 5.20. The molecular formula is C22H23N3O2S. The number of rotatable bonds is 9. The van der Waals surface area contributed by atoms with Crippen molar-refractivity contribution in [2.45, 2.75) is 26.2 Å². The summed E-state index contributed by atoms with van der Waals surface area (Å²) in [5.74, 6) is 1.65. The van der Waals surface area contributed by atoms with Crippen LogP contribution in [0.15, 0.2) is 48.5 Å². The summed E-state index contributed by atoms with van der Waals surface area (Å²) in [6.07, 6.45) is 2.96. The zero-order valence-corrected chi connectivity index (χ0v) is 16.7. The molecule has 5 nitrogen and oxygen atoms in total. The second kappa shape index (κ2) is 9.77. The first-order valence-electron chi connectivity index (χ1n) is 9.25. The van der Waals surface area contributed by atoms with Gasteiger partial charge in [-0.15, -0.1) is 11.3 Å². The molecule has 0 spiro atoms. The molecule has 0 unspecified atom stereocenters. The Labute approximate surface area is 169 Å². The Balaban J connectivity index is 1.33. The van der Waals surface area contributed by atoms with Crippen molar-refractivity contribution in [3.8, 4) is 28.8 Å². The van der Waals surface area contributed by atoms with Gasteiger partial charge in [0.25, 0.3) is 0 Å². The van der Waals surface area contributed by atoms with Crippen molar-refractivity contribution in [3.63, 3.8) is 0 Å². The maximum Gasteiger partial charge on any atom is 0.119 e. The van der Waals surface area contributed by atoms with Crippen LogP contribution in [0.5, 0.6) is 11.5 Å². The Morgan fingerprint density at radius 2 is 1.50 bits per heavy atom. The van der Waals surface area contributed by atoms with E-state index in [9.17, 15) is 0 Å². The molecule has 0 aliphatic carbocycles. The molecule has 6 heteroatoms. The second-order valence-electron chi connectivity index (χ2n) is 6.36. The molecule has 0 aliphatic rings. The number of ether oxygens (including phenoxy) is 2. The largest absolute Gasteiger partial charge is 0.494 e. The van der Waals surface area contributed by atoms with Gasteiger partial charge in [-0.25, -0.2) is 4.98 Å². The van der Waals surface area contributed by atoms with Crippen LogP contribution >= 0.6 is 11.3 Å². The first-order valence-corrected chi connectivity index (χ1v) is 10.1. The standard InChI is InChI=1S/C22H23N3O2S/c1-16-25-21(22(24)28-16)18-7-11-20(12-8-18)27-14-4-2-3-13-26-19-9-5-17(15-23)6-10-19/h5-12H,2-4,13-14,24H2,1H3. The molecule has 1 heterocycles. The van der Waals surface area contributed by atoms with Gasteiger partial charge in [-0.2, -0.15) is 5.26 Å². The highest BCUT2D eigenvalue weighted by Crippen LogP contribution is 2.31. The predicted molar refractivity (Wildman–Crippen MR) is 113 cm³/mol. The van der Waals surface area contributed by atoms with E-state index in [1.807, 2.05) is 43.3 Å². The average molecular weight is 394 g/mol. The summed E-state index contributed by atoms with van der Waals surface area (Å²) < 4.78 is 11.5. The molecule has 3 aromatic rings. The molecule has 0 aliphatic heterocycles. The van der Waals surface area contributed by atoms with Crippen LogP contribution in [0.1, 0.15) is 29.8 Å². The smallest absolute Gasteiger partial charge is 0.119 e. The van der Waals surface area contributed by atoms with E-state index in [4.69, 9.17) is 20.5 Å². The number of nitrogens with two attached hydrogens (primary N) is 1. The van der Waals surface area contributed by atoms with E-state index in [2.05, 4.69) is 11.1 Å². The van der Waals surface area contributed by atoms with E-state index in [1.54, 1.807) is 12.1 Å². The summed E-state index contributed by atoms with van der Waals surface area (Å²) >= 11 is 1.50. The maximum absolute atomic E-state index is 8.77. The number of nitrogens with zero attached hydrogens (tertiary/aromatic N) is 2. The lowest BCUT2D eigenvalue weighted by atomic mass is 10.1. The van der Waals surface area contributed by atoms with E-state index in [0.29, 0.717) is 18.8 Å². The highest BCUT2D eigenvalue weighted by molar-refractivity contribution is 7.16. The second-order valence-corrected chi connectivity index (χ2v) is 7.60. The minimum Gasteiger partial charge on any atom is -0.494 e. The molecule has 3 rings (SSSR count). The molecule has 0 amide bonds. The number of thiazole rings is 1. The monoisotopic (exact) mass is 393 g/mol. The van der Waals surface area contributed by atoms with Crippen molar-refractivity contribution in [3.05, 3.63) is 59.1 Å². The summed E-state index contributed by atoms with van der Waals surface area (Å²) in [5.41, 5.74) is 8.50. The van der Waals surface area contributed by atoms with E-state index >= 15 is 0 Å². The number of unbranched alkanes of at least 4 members (excludes halogenated alkanes) is 2. The van der Waals surface area contributed by atoms with Gasteiger partial charge in [0.05, 0.1) is 29.9 Å². The van der Waals surface area contributed by atoms with Gasteiger partial charge in [0.15, 0.2) is 0 Å². The highest BCUT2D eigenvalue weighted by Gasteiger charge is 2.08. The molecule has 2 N–H and O–H groups in total. The number of benzene rings is 2. The van der Waals surface area contributed by atoms with Crippen molar-refractivity contribution >= 4 is 16.3 Å². The quantitative estimate of drug-likeness (QED) is 0.505. The first kappa shape index (κ1) is 19.7. The van der Waals surface area contributed by atoms with E-state index in [1.165, 1.54) is 11.3 Å². The van der Waals surface area contributed by atoms with Gasteiger partial charge >= 0.3 is 0 Å². The van der Waals surface area contributed by atoms with E-state index in [-0.39, 0.29) is 0 Å². The van der Waals surface area contributed by atoms with Crippen molar-refractivity contribution in [1.29, 1.82) is 5.26 Å². The minimum atomic E-state index is 0.641. The van der Waals surface area contributed by atoms with Crippen LogP contribution < -0.4 is 15.2 Å². The van der Waals surface area contributed by atoms with Crippen molar-refractivity contribution in [2.75, 3.05) is 18.9 Å². The first-order chi connectivity index (χ1) is 13.7. The number of aryl methyl sites for hydroxylation is 1. The molecule has 0 saturated heterocycles. The Morgan fingerprint density at radius 3 is 2.00 bits per heavy atom. The number of aromatic nitrogens is 1. The molecular weight excluding hydrogens is 370 g/mol. The van der Waals surface area contributed by atoms with Crippen LogP contribution in [0.3, 0.4) is 0 Å². The fourth-order valence-corrected chi connectivity index (χ4v) is 3.46. The molecule has 0 bridgehead atoms. The number of nitrogen functional groups attached to an aromatic ring is 1. The Kier molecular flexibility index (Phi) is 6.88. The summed E-state index contributed by atoms with van der Waals surface area (Å²) in [7, 11) is 0. The van der Waals surface area contributed by atoms with Crippen LogP contribution in [-0.4, -0.2) is 18.2 Å². The topological polar surface area (TPSA) is 81.2 Å². The molecule has 0 radical (unpaired) electrons. The van der Waals surface area contributed by atoms with Crippen LogP contribution in [0.2, 0.25) is 0 Å². The van der Waals surface area contributed by atoms with Gasteiger partial charge in [-0.3, -0.25) is 0 Å². The Hall–Kier alpha value is -3.04. The maximum atomic E-state index is 8.77. The van der Waals surface area contributed by atoms with Gasteiger partial charge in [-0.05, 0) is 74.7 Å². The summed E-state index contributed by atoms with van der Waals surface area (Å²) in [4.78, 5) is 4.47. The van der Waals surface area contributed by atoms with Crippen LogP contribution in [-0.2, 0) is 0 Å². The number of anilines is 1. The van der Waals surface area contributed by atoms with E-state index < -0.39 is 0 Å². The van der Waals surface area contributed by atoms with Gasteiger partial charge in [0, 0.05) is 5.56 Å². The summed E-state index contributed by atoms with van der Waals surface area (Å²) in [6, 6.07) is 17.2. The van der Waals surface area contributed by atoms with E-state index in [0.717, 1.165) is 52.0 Å². The molecule has 0 atom stereocenters. The third kappa shape index (κ3) is 5.48. The third-order valence-corrected chi connectivity index (χ3v) is 5.00. The molecule has 2 aromatic carbocycles. The normalized spacial score (nSPS) is 10.4. The SMILES string of the molecule is Cc1nc(-c2ccc(OCCCCCOc3ccc(C#N)cc3)cc2)c(N)s1. The fourth-order valence-electron chi connectivity index (χ4n) is 2.75. The average Bonchev–Trinajstić information content (AvgIpc) is 3.06. The Morgan fingerprint density at radius 1 is 0.929 bits per heavy atom. The van der Waals surface area contributed by atoms with Crippen molar-refractivity contribution < 1.29 is 9.47 Å². The number of hydrogen-bond acceptors (Lipinski definition) is 6. The molecule has 0 saturated carbocycles. The lowest BCUT2D eigenvalue weighted by Crippen LogP contribution is -2.01. The van der Waals surface area contributed by atoms with Crippen molar-refractivity contribution in [1.82, 2.24) is 4.98 Å². The van der Waals surface area contributed by atoms with Gasteiger partial charge < -0.3 is 15.2 Å². The fraction of sp³-hybridized carbons (Fsp3) is 0.273. The lowest BCUT2D eigenvalue weighted by Gasteiger charge is -2.08. The third-order valence-electron chi connectivity index (χ3n) is 4.20. The van der Waals surface area contributed by atoms with Crippen LogP contribution in [0.25, 0.3) is 11.3 Å². The zero-order valence-electron chi connectivity index (χ0n) is 15.9. The highest BCUT2D eigenvalue weighted by atomic mass is 32.1. The van der Waals surface area contributed by atoms with Gasteiger partial charge in [-0.1, -0.05) is 0 Å². The van der Waals surface area contributed by atoms with Crippen molar-refractivity contribution in [2.24, 2.45) is 0 Å². The molecule has 1 aromatic heterocycles. The molecule has 144 valence electrons. The molecule has 0 fully saturated rings. The number of nitriles is 1. The number of hydrogen-bond donors (Lipinski definition) is 1. The minimum absolute atomic E-state index is 0.641. The van der Waals surface area contributed by atoms with Crippen LogP contribution in [0, 0.1) is 18.3 Å². The van der Waals surface area contributed by atoms with Gasteiger partial charge in [0.1, 0.15) is 22.2 Å². The molecule has 28 heavy (non-hydrogen) atoms. The van der Waals surface area contributed by atoms with Gasteiger partial charge in [0.2, 0.25) is 0 Å². The summed E-state index contributed by atoms with van der Waals surface area (Å²) in [6.45, 7) is 3.29. The zero-order chi connectivity index (χ0) is 19.8. The summed E-state index contributed by atoms with van der Waals surface area (Å²) in [5, 5.41) is 10.5. The lowest BCUT2D eigenvalue weighted by molar-refractivity contribution is 0.279.